The van der Waals surface area contributed by atoms with E-state index in [0.717, 1.165) is 12.1 Å². The summed E-state index contributed by atoms with van der Waals surface area (Å²) in [6.45, 7) is 0. The van der Waals surface area contributed by atoms with E-state index in [4.69, 9.17) is 10.5 Å². The molecule has 0 aromatic heterocycles. The summed E-state index contributed by atoms with van der Waals surface area (Å²) < 4.78 is 56.9. The van der Waals surface area contributed by atoms with E-state index in [1.807, 2.05) is 0 Å². The summed E-state index contributed by atoms with van der Waals surface area (Å²) in [4.78, 5) is 0. The van der Waals surface area contributed by atoms with Gasteiger partial charge in [0.25, 0.3) is 0 Å². The number of ether oxygens (including phenoxy) is 1. The lowest BCUT2D eigenvalue weighted by molar-refractivity contribution is -0.136. The number of alkyl halides is 3. The van der Waals surface area contributed by atoms with Gasteiger partial charge < -0.3 is 15.8 Å². The number of nitrogen functional groups attached to an aromatic ring is 1. The molecule has 0 spiro atoms. The summed E-state index contributed by atoms with van der Waals surface area (Å²) >= 11 is 0. The number of benzene rings is 2. The van der Waals surface area contributed by atoms with Crippen LogP contribution in [-0.2, 0) is 6.18 Å². The van der Waals surface area contributed by atoms with Crippen LogP contribution in [0.4, 0.5) is 34.6 Å². The molecule has 0 aliphatic carbocycles. The monoisotopic (exact) mass is 300 g/mol. The normalized spacial score (nSPS) is 11.3. The zero-order valence-electron chi connectivity index (χ0n) is 11.0. The minimum atomic E-state index is -4.51. The van der Waals surface area contributed by atoms with E-state index in [9.17, 15) is 17.6 Å². The second-order valence-electron chi connectivity index (χ2n) is 4.24. The third-order valence-electron chi connectivity index (χ3n) is 2.83. The van der Waals surface area contributed by atoms with Gasteiger partial charge in [-0.3, -0.25) is 0 Å². The van der Waals surface area contributed by atoms with Gasteiger partial charge in [-0.15, -0.1) is 0 Å². The van der Waals surface area contributed by atoms with Gasteiger partial charge in [0.1, 0.15) is 0 Å². The molecule has 3 N–H and O–H groups in total. The van der Waals surface area contributed by atoms with E-state index >= 15 is 0 Å². The van der Waals surface area contributed by atoms with Gasteiger partial charge >= 0.3 is 6.18 Å². The third-order valence-corrected chi connectivity index (χ3v) is 2.83. The highest BCUT2D eigenvalue weighted by molar-refractivity contribution is 5.75. The van der Waals surface area contributed by atoms with Gasteiger partial charge in [0.15, 0.2) is 11.6 Å². The first-order valence-corrected chi connectivity index (χ1v) is 5.89. The van der Waals surface area contributed by atoms with E-state index in [0.29, 0.717) is 0 Å². The number of halogens is 4. The van der Waals surface area contributed by atoms with Crippen molar-refractivity contribution in [3.63, 3.8) is 0 Å². The minimum Gasteiger partial charge on any atom is -0.494 e. The predicted molar refractivity (Wildman–Crippen MR) is 72.1 cm³/mol. The lowest BCUT2D eigenvalue weighted by atomic mass is 10.1. The third kappa shape index (κ3) is 3.18. The summed E-state index contributed by atoms with van der Waals surface area (Å²) in [5, 5.41) is 2.56. The Labute approximate surface area is 118 Å². The number of hydrogen-bond acceptors (Lipinski definition) is 3. The van der Waals surface area contributed by atoms with Gasteiger partial charge in [0, 0.05) is 12.1 Å². The molecule has 0 heterocycles. The number of rotatable bonds is 3. The van der Waals surface area contributed by atoms with Gasteiger partial charge in [-0.1, -0.05) is 12.1 Å². The molecule has 0 radical (unpaired) electrons. The molecule has 7 heteroatoms. The van der Waals surface area contributed by atoms with Crippen molar-refractivity contribution in [2.45, 2.75) is 6.18 Å². The Morgan fingerprint density at radius 3 is 2.38 bits per heavy atom. The van der Waals surface area contributed by atoms with Crippen LogP contribution in [0.25, 0.3) is 0 Å². The second-order valence-corrected chi connectivity index (χ2v) is 4.24. The molecular formula is C14H12F4N2O. The van der Waals surface area contributed by atoms with Crippen LogP contribution in [0.2, 0.25) is 0 Å². The summed E-state index contributed by atoms with van der Waals surface area (Å²) in [6.07, 6.45) is -4.51. The van der Waals surface area contributed by atoms with Crippen LogP contribution in [-0.4, -0.2) is 7.11 Å². The van der Waals surface area contributed by atoms with Gasteiger partial charge in [-0.25, -0.2) is 4.39 Å². The zero-order chi connectivity index (χ0) is 15.6. The van der Waals surface area contributed by atoms with Crippen LogP contribution in [0.1, 0.15) is 5.56 Å². The highest BCUT2D eigenvalue weighted by atomic mass is 19.4. The van der Waals surface area contributed by atoms with Crippen LogP contribution in [0, 0.1) is 5.82 Å². The first kappa shape index (κ1) is 15.0. The van der Waals surface area contributed by atoms with Gasteiger partial charge in [0.05, 0.1) is 29.7 Å². The molecular weight excluding hydrogens is 288 g/mol. The fraction of sp³-hybridized carbons (Fsp3) is 0.143. The maximum absolute atomic E-state index is 13.4. The number of methoxy groups -OCH3 is 1. The van der Waals surface area contributed by atoms with Crippen LogP contribution < -0.4 is 15.8 Å². The van der Waals surface area contributed by atoms with Crippen molar-refractivity contribution in [2.24, 2.45) is 0 Å². The Morgan fingerprint density at radius 2 is 1.76 bits per heavy atom. The highest BCUT2D eigenvalue weighted by Crippen LogP contribution is 2.37. The molecule has 2 aromatic carbocycles. The molecule has 3 nitrogen and oxygen atoms in total. The molecule has 0 atom stereocenters. The minimum absolute atomic E-state index is 0.0229. The number of nitrogens with two attached hydrogens (primary N) is 1. The molecule has 0 fully saturated rings. The maximum atomic E-state index is 13.4. The fourth-order valence-corrected chi connectivity index (χ4v) is 1.82. The molecule has 0 aliphatic heterocycles. The number of nitrogens with one attached hydrogen (secondary N) is 1. The Bertz CT molecular complexity index is 656. The Hall–Kier alpha value is -2.44. The molecule has 2 aromatic rings. The molecule has 0 saturated heterocycles. The van der Waals surface area contributed by atoms with Crippen molar-refractivity contribution in [3.05, 3.63) is 47.8 Å². The van der Waals surface area contributed by atoms with Crippen molar-refractivity contribution in [1.82, 2.24) is 0 Å². The lowest BCUT2D eigenvalue weighted by Gasteiger charge is -2.16. The summed E-state index contributed by atoms with van der Waals surface area (Å²) in [7, 11) is 1.25. The number of anilines is 3. The molecule has 112 valence electrons. The number of para-hydroxylation sites is 1. The van der Waals surface area contributed by atoms with Gasteiger partial charge in [-0.2, -0.15) is 13.2 Å². The second kappa shape index (κ2) is 5.51. The first-order chi connectivity index (χ1) is 9.82. The summed E-state index contributed by atoms with van der Waals surface area (Å²) in [5.41, 5.74) is 4.70. The van der Waals surface area contributed by atoms with Crippen molar-refractivity contribution >= 4 is 17.1 Å². The van der Waals surface area contributed by atoms with E-state index in [2.05, 4.69) is 5.32 Å². The van der Waals surface area contributed by atoms with Crippen LogP contribution in [0.3, 0.4) is 0 Å². The Balaban J connectivity index is 2.44. The molecule has 0 saturated carbocycles. The van der Waals surface area contributed by atoms with Crippen molar-refractivity contribution in [1.29, 1.82) is 0 Å². The van der Waals surface area contributed by atoms with E-state index in [-0.39, 0.29) is 22.8 Å². The molecule has 0 aliphatic rings. The predicted octanol–water partition coefficient (Wildman–Crippen LogP) is 4.18. The van der Waals surface area contributed by atoms with E-state index < -0.39 is 17.6 Å². The standard InChI is InChI=1S/C14H12F4N2O/c1-21-13-7-12(10(19)6-9(13)15)20-11-5-3-2-4-8(11)14(16,17)18/h2-7,20H,19H2,1H3. The van der Waals surface area contributed by atoms with E-state index in [1.54, 1.807) is 0 Å². The smallest absolute Gasteiger partial charge is 0.418 e. The Kier molecular flexibility index (Phi) is 3.93. The van der Waals surface area contributed by atoms with Crippen molar-refractivity contribution < 1.29 is 22.3 Å². The van der Waals surface area contributed by atoms with Gasteiger partial charge in [-0.05, 0) is 12.1 Å². The molecule has 2 rings (SSSR count). The molecule has 0 unspecified atom stereocenters. The quantitative estimate of drug-likeness (QED) is 0.660. The van der Waals surface area contributed by atoms with Crippen LogP contribution >= 0.6 is 0 Å². The van der Waals surface area contributed by atoms with E-state index in [1.165, 1.54) is 31.4 Å². The summed E-state index contributed by atoms with van der Waals surface area (Å²) in [5.74, 6) is -0.805. The first-order valence-electron chi connectivity index (χ1n) is 5.89. The largest absolute Gasteiger partial charge is 0.494 e. The fourth-order valence-electron chi connectivity index (χ4n) is 1.82. The average molecular weight is 300 g/mol. The maximum Gasteiger partial charge on any atom is 0.418 e. The highest BCUT2D eigenvalue weighted by Gasteiger charge is 2.33. The zero-order valence-corrected chi connectivity index (χ0v) is 11.0. The van der Waals surface area contributed by atoms with Crippen molar-refractivity contribution in [2.75, 3.05) is 18.2 Å². The SMILES string of the molecule is COc1cc(Nc2ccccc2C(F)(F)F)c(N)cc1F. The lowest BCUT2D eigenvalue weighted by Crippen LogP contribution is -2.09. The molecule has 21 heavy (non-hydrogen) atoms. The topological polar surface area (TPSA) is 47.3 Å². The molecule has 0 bridgehead atoms. The van der Waals surface area contributed by atoms with Gasteiger partial charge in [0.2, 0.25) is 0 Å². The number of hydrogen-bond donors (Lipinski definition) is 2. The van der Waals surface area contributed by atoms with Crippen molar-refractivity contribution in [3.8, 4) is 5.75 Å². The van der Waals surface area contributed by atoms with Crippen LogP contribution in [0.15, 0.2) is 36.4 Å². The van der Waals surface area contributed by atoms with Crippen LogP contribution in [0.5, 0.6) is 5.75 Å². The molecule has 0 amide bonds. The Morgan fingerprint density at radius 1 is 1.10 bits per heavy atom. The summed E-state index contributed by atoms with van der Waals surface area (Å²) in [6, 6.07) is 7.13. The average Bonchev–Trinajstić information content (AvgIpc) is 2.41.